The van der Waals surface area contributed by atoms with Crippen molar-refractivity contribution >= 4 is 11.9 Å². The molecule has 0 spiro atoms. The molecule has 2 rings (SSSR count). The van der Waals surface area contributed by atoms with Crippen molar-refractivity contribution in [3.05, 3.63) is 35.6 Å². The number of carbonyl (C=O) groups is 2. The van der Waals surface area contributed by atoms with Gasteiger partial charge in [-0.2, -0.15) is 0 Å². The van der Waals surface area contributed by atoms with E-state index in [1.165, 1.54) is 12.1 Å². The van der Waals surface area contributed by atoms with Crippen LogP contribution < -0.4 is 5.32 Å². The van der Waals surface area contributed by atoms with E-state index >= 15 is 0 Å². The minimum Gasteiger partial charge on any atom is -0.480 e. The van der Waals surface area contributed by atoms with Crippen molar-refractivity contribution in [3.8, 4) is 0 Å². The van der Waals surface area contributed by atoms with Crippen molar-refractivity contribution in [1.29, 1.82) is 0 Å². The van der Waals surface area contributed by atoms with E-state index in [1.54, 1.807) is 17.0 Å². The number of benzene rings is 1. The van der Waals surface area contributed by atoms with E-state index in [1.807, 2.05) is 0 Å². The molecule has 0 unspecified atom stereocenters. The highest BCUT2D eigenvalue weighted by Crippen LogP contribution is 2.16. The number of rotatable bonds is 5. The molecular weight excluding hydrogens is 263 g/mol. The molecule has 1 atom stereocenters. The summed E-state index contributed by atoms with van der Waals surface area (Å²) in [6.07, 6.45) is 1.38. The van der Waals surface area contributed by atoms with Crippen LogP contribution in [0.15, 0.2) is 24.3 Å². The van der Waals surface area contributed by atoms with Gasteiger partial charge in [-0.25, -0.2) is 4.39 Å². The summed E-state index contributed by atoms with van der Waals surface area (Å²) in [6.45, 7) is 1.02. The molecule has 1 aromatic carbocycles. The Balaban J connectivity index is 1.80. The Kier molecular flexibility index (Phi) is 4.68. The third kappa shape index (κ3) is 3.77. The number of aliphatic carboxylic acids is 1. The first-order valence-corrected chi connectivity index (χ1v) is 6.54. The summed E-state index contributed by atoms with van der Waals surface area (Å²) in [4.78, 5) is 24.5. The van der Waals surface area contributed by atoms with Crippen LogP contribution in [0.2, 0.25) is 0 Å². The van der Waals surface area contributed by atoms with E-state index in [4.69, 9.17) is 5.11 Å². The highest BCUT2D eigenvalue weighted by molar-refractivity contribution is 5.80. The fraction of sp³-hybridized carbons (Fsp3) is 0.429. The van der Waals surface area contributed by atoms with Crippen LogP contribution in [0.25, 0.3) is 0 Å². The minimum atomic E-state index is -0.881. The lowest BCUT2D eigenvalue weighted by molar-refractivity contribution is -0.142. The predicted octanol–water partition coefficient (Wildman–Crippen LogP) is 0.991. The Hall–Kier alpha value is -1.95. The van der Waals surface area contributed by atoms with Crippen LogP contribution in [0, 0.1) is 5.82 Å². The molecule has 0 bridgehead atoms. The van der Waals surface area contributed by atoms with Crippen molar-refractivity contribution in [1.82, 2.24) is 10.2 Å². The first-order chi connectivity index (χ1) is 9.56. The van der Waals surface area contributed by atoms with Crippen LogP contribution in [-0.4, -0.2) is 41.0 Å². The smallest absolute Gasteiger partial charge is 0.320 e. The molecule has 5 nitrogen and oxygen atoms in total. The average Bonchev–Trinajstić information content (AvgIpc) is 2.86. The molecule has 6 heteroatoms. The van der Waals surface area contributed by atoms with Gasteiger partial charge in [0.1, 0.15) is 11.9 Å². The molecule has 0 aromatic heterocycles. The number of nitrogens with one attached hydrogen (secondary N) is 1. The van der Waals surface area contributed by atoms with Gasteiger partial charge >= 0.3 is 5.97 Å². The number of carbonyl (C=O) groups excluding carboxylic acids is 1. The van der Waals surface area contributed by atoms with Gasteiger partial charge < -0.3 is 10.4 Å². The zero-order valence-electron chi connectivity index (χ0n) is 11.0. The molecule has 1 aromatic rings. The number of carboxylic acids is 1. The second kappa shape index (κ2) is 6.47. The SMILES string of the molecule is O=C(CN1CCC[C@H]1C(=O)O)NCc1ccc(F)cc1. The minimum absolute atomic E-state index is 0.0815. The van der Waals surface area contributed by atoms with Crippen molar-refractivity contribution in [2.75, 3.05) is 13.1 Å². The zero-order valence-corrected chi connectivity index (χ0v) is 11.0. The molecule has 108 valence electrons. The van der Waals surface area contributed by atoms with Gasteiger partial charge in [0.05, 0.1) is 6.54 Å². The molecule has 1 heterocycles. The highest BCUT2D eigenvalue weighted by atomic mass is 19.1. The van der Waals surface area contributed by atoms with Crippen LogP contribution in [0.5, 0.6) is 0 Å². The van der Waals surface area contributed by atoms with Crippen molar-refractivity contribution in [2.45, 2.75) is 25.4 Å². The third-order valence-electron chi connectivity index (χ3n) is 3.40. The molecule has 0 saturated carbocycles. The summed E-state index contributed by atoms with van der Waals surface area (Å²) in [7, 11) is 0. The topological polar surface area (TPSA) is 69.6 Å². The van der Waals surface area contributed by atoms with Gasteiger partial charge in [-0.05, 0) is 37.1 Å². The van der Waals surface area contributed by atoms with Crippen LogP contribution in [0.3, 0.4) is 0 Å². The summed E-state index contributed by atoms with van der Waals surface area (Å²) < 4.78 is 12.7. The Morgan fingerprint density at radius 1 is 1.35 bits per heavy atom. The largest absolute Gasteiger partial charge is 0.480 e. The molecule has 1 aliphatic rings. The van der Waals surface area contributed by atoms with E-state index in [-0.39, 0.29) is 18.3 Å². The maximum atomic E-state index is 12.7. The van der Waals surface area contributed by atoms with Crippen LogP contribution >= 0.6 is 0 Å². The average molecular weight is 280 g/mol. The van der Waals surface area contributed by atoms with E-state index in [0.29, 0.717) is 19.5 Å². The lowest BCUT2D eigenvalue weighted by Gasteiger charge is -2.20. The summed E-state index contributed by atoms with van der Waals surface area (Å²) in [5, 5.41) is 11.7. The van der Waals surface area contributed by atoms with Gasteiger partial charge in [-0.15, -0.1) is 0 Å². The second-order valence-corrected chi connectivity index (χ2v) is 4.87. The lowest BCUT2D eigenvalue weighted by atomic mass is 10.2. The van der Waals surface area contributed by atoms with Crippen LogP contribution in [0.4, 0.5) is 4.39 Å². The molecular formula is C14H17FN2O3. The molecule has 0 radical (unpaired) electrons. The number of hydrogen-bond donors (Lipinski definition) is 2. The molecule has 1 amide bonds. The third-order valence-corrected chi connectivity index (χ3v) is 3.40. The van der Waals surface area contributed by atoms with E-state index in [9.17, 15) is 14.0 Å². The molecule has 1 saturated heterocycles. The number of hydrogen-bond acceptors (Lipinski definition) is 3. The van der Waals surface area contributed by atoms with Gasteiger partial charge in [0.2, 0.25) is 5.91 Å². The molecule has 0 aliphatic carbocycles. The Morgan fingerprint density at radius 2 is 2.05 bits per heavy atom. The van der Waals surface area contributed by atoms with Gasteiger partial charge in [-0.3, -0.25) is 14.5 Å². The van der Waals surface area contributed by atoms with Gasteiger partial charge in [0.15, 0.2) is 0 Å². The number of carboxylic acid groups (broad SMARTS) is 1. The van der Waals surface area contributed by atoms with Gasteiger partial charge in [0.25, 0.3) is 0 Å². The Morgan fingerprint density at radius 3 is 2.70 bits per heavy atom. The molecule has 2 N–H and O–H groups in total. The predicted molar refractivity (Wildman–Crippen MR) is 70.5 cm³/mol. The van der Waals surface area contributed by atoms with E-state index in [0.717, 1.165) is 12.0 Å². The summed E-state index contributed by atoms with van der Waals surface area (Å²) in [5.74, 6) is -1.42. The standard InChI is InChI=1S/C14H17FN2O3/c15-11-5-3-10(4-6-11)8-16-13(18)9-17-7-1-2-12(17)14(19)20/h3-6,12H,1-2,7-9H2,(H,16,18)(H,19,20)/t12-/m0/s1. The summed E-state index contributed by atoms with van der Waals surface area (Å²) in [5.41, 5.74) is 0.802. The van der Waals surface area contributed by atoms with Crippen LogP contribution in [0.1, 0.15) is 18.4 Å². The van der Waals surface area contributed by atoms with Crippen molar-refractivity contribution in [3.63, 3.8) is 0 Å². The normalized spacial score (nSPS) is 18.9. The maximum absolute atomic E-state index is 12.7. The first-order valence-electron chi connectivity index (χ1n) is 6.54. The van der Waals surface area contributed by atoms with Crippen LogP contribution in [-0.2, 0) is 16.1 Å². The summed E-state index contributed by atoms with van der Waals surface area (Å²) >= 11 is 0. The second-order valence-electron chi connectivity index (χ2n) is 4.87. The quantitative estimate of drug-likeness (QED) is 0.844. The number of nitrogens with zero attached hydrogens (tertiary/aromatic N) is 1. The summed E-state index contributed by atoms with van der Waals surface area (Å²) in [6, 6.07) is 5.31. The highest BCUT2D eigenvalue weighted by Gasteiger charge is 2.31. The van der Waals surface area contributed by atoms with Crippen molar-refractivity contribution < 1.29 is 19.1 Å². The Bertz CT molecular complexity index is 490. The number of halogens is 1. The number of amides is 1. The first kappa shape index (κ1) is 14.5. The zero-order chi connectivity index (χ0) is 14.5. The van der Waals surface area contributed by atoms with E-state index < -0.39 is 12.0 Å². The molecule has 20 heavy (non-hydrogen) atoms. The monoisotopic (exact) mass is 280 g/mol. The molecule has 1 aliphatic heterocycles. The maximum Gasteiger partial charge on any atom is 0.320 e. The van der Waals surface area contributed by atoms with E-state index in [2.05, 4.69) is 5.32 Å². The lowest BCUT2D eigenvalue weighted by Crippen LogP contribution is -2.42. The molecule has 1 fully saturated rings. The van der Waals surface area contributed by atoms with Gasteiger partial charge in [0, 0.05) is 6.54 Å². The number of likely N-dealkylation sites (tertiary alicyclic amines) is 1. The van der Waals surface area contributed by atoms with Crippen molar-refractivity contribution in [2.24, 2.45) is 0 Å². The Labute approximate surface area is 116 Å². The fourth-order valence-electron chi connectivity index (χ4n) is 2.34. The fourth-order valence-corrected chi connectivity index (χ4v) is 2.34. The van der Waals surface area contributed by atoms with Gasteiger partial charge in [-0.1, -0.05) is 12.1 Å².